The van der Waals surface area contributed by atoms with Crippen molar-refractivity contribution in [3.63, 3.8) is 0 Å². The number of rotatable bonds is 6. The molecule has 36 heavy (non-hydrogen) atoms. The summed E-state index contributed by atoms with van der Waals surface area (Å²) in [6.07, 6.45) is 3.39. The fourth-order valence-electron chi connectivity index (χ4n) is 4.67. The van der Waals surface area contributed by atoms with Gasteiger partial charge in [0.2, 0.25) is 5.91 Å². The smallest absolute Gasteiger partial charge is 0.248 e. The van der Waals surface area contributed by atoms with Crippen LogP contribution in [0.3, 0.4) is 0 Å². The highest BCUT2D eigenvalue weighted by Gasteiger charge is 2.19. The van der Waals surface area contributed by atoms with Crippen molar-refractivity contribution in [1.29, 1.82) is 0 Å². The summed E-state index contributed by atoms with van der Waals surface area (Å²) in [5.41, 5.74) is 6.08. The first-order chi connectivity index (χ1) is 17.5. The van der Waals surface area contributed by atoms with Gasteiger partial charge in [0.05, 0.1) is 20.5 Å². The van der Waals surface area contributed by atoms with Crippen LogP contribution in [0.5, 0.6) is 11.5 Å². The zero-order chi connectivity index (χ0) is 25.2. The SMILES string of the molecule is COc1ccc(NC(=O)/C=C(\C)c2cc3c(-c4cccc5ccccc45)coc3c(C)c2OC)cc1. The molecule has 0 saturated heterocycles. The van der Waals surface area contributed by atoms with Gasteiger partial charge in [-0.3, -0.25) is 4.79 Å². The number of carbonyl (C=O) groups excluding carboxylic acids is 1. The lowest BCUT2D eigenvalue weighted by Crippen LogP contribution is -2.08. The number of carbonyl (C=O) groups is 1. The average molecular weight is 478 g/mol. The monoisotopic (exact) mass is 477 g/mol. The van der Waals surface area contributed by atoms with Gasteiger partial charge in [0.1, 0.15) is 17.1 Å². The second kappa shape index (κ2) is 9.62. The fraction of sp³-hybridized carbons (Fsp3) is 0.129. The summed E-state index contributed by atoms with van der Waals surface area (Å²) in [6, 6.07) is 23.9. The van der Waals surface area contributed by atoms with Gasteiger partial charge in [-0.25, -0.2) is 0 Å². The Morgan fingerprint density at radius 3 is 2.39 bits per heavy atom. The third-order valence-electron chi connectivity index (χ3n) is 6.46. The first kappa shape index (κ1) is 23.2. The number of benzene rings is 4. The minimum Gasteiger partial charge on any atom is -0.497 e. The van der Waals surface area contributed by atoms with E-state index in [1.54, 1.807) is 50.8 Å². The third-order valence-corrected chi connectivity index (χ3v) is 6.46. The summed E-state index contributed by atoms with van der Waals surface area (Å²) in [6.45, 7) is 3.89. The van der Waals surface area contributed by atoms with Crippen LogP contribution in [0.1, 0.15) is 18.1 Å². The second-order valence-electron chi connectivity index (χ2n) is 8.68. The van der Waals surface area contributed by atoms with Crippen LogP contribution < -0.4 is 14.8 Å². The van der Waals surface area contributed by atoms with Crippen molar-refractivity contribution in [2.75, 3.05) is 19.5 Å². The van der Waals surface area contributed by atoms with Gasteiger partial charge in [0.25, 0.3) is 0 Å². The Morgan fingerprint density at radius 1 is 0.889 bits per heavy atom. The number of fused-ring (bicyclic) bond motifs is 2. The number of hydrogen-bond donors (Lipinski definition) is 1. The van der Waals surface area contributed by atoms with Crippen LogP contribution >= 0.6 is 0 Å². The average Bonchev–Trinajstić information content (AvgIpc) is 3.32. The molecule has 0 spiro atoms. The van der Waals surface area contributed by atoms with Gasteiger partial charge >= 0.3 is 0 Å². The Morgan fingerprint density at radius 2 is 1.64 bits per heavy atom. The van der Waals surface area contributed by atoms with E-state index in [1.165, 1.54) is 5.39 Å². The minimum absolute atomic E-state index is 0.223. The van der Waals surface area contributed by atoms with Crippen LogP contribution in [-0.2, 0) is 4.79 Å². The predicted molar refractivity (Wildman–Crippen MR) is 146 cm³/mol. The van der Waals surface area contributed by atoms with E-state index < -0.39 is 0 Å². The molecule has 0 aliphatic heterocycles. The molecular formula is C31H27NO4. The normalized spacial score (nSPS) is 11.6. The van der Waals surface area contributed by atoms with Crippen molar-refractivity contribution < 1.29 is 18.7 Å². The van der Waals surface area contributed by atoms with Crippen LogP contribution in [0.15, 0.2) is 89.6 Å². The molecule has 0 atom stereocenters. The Kier molecular flexibility index (Phi) is 6.21. The first-order valence-corrected chi connectivity index (χ1v) is 11.7. The van der Waals surface area contributed by atoms with Gasteiger partial charge in [0, 0.05) is 33.8 Å². The molecule has 0 saturated carbocycles. The standard InChI is InChI=1S/C31H27NO4/c1-19(16-29(33)32-22-12-14-23(34-3)15-13-22)26-17-27-28(18-36-31(27)20(2)30(26)35-4)25-11-7-9-21-8-5-6-10-24(21)25/h5-18H,1-4H3,(H,32,33)/b19-16+. The van der Waals surface area contributed by atoms with Gasteiger partial charge in [-0.1, -0.05) is 42.5 Å². The van der Waals surface area contributed by atoms with E-state index in [0.29, 0.717) is 11.4 Å². The van der Waals surface area contributed by atoms with E-state index in [9.17, 15) is 4.79 Å². The summed E-state index contributed by atoms with van der Waals surface area (Å²) in [4.78, 5) is 12.8. The van der Waals surface area contributed by atoms with Crippen LogP contribution in [0.2, 0.25) is 0 Å². The van der Waals surface area contributed by atoms with Crippen molar-refractivity contribution >= 4 is 38.9 Å². The third kappa shape index (κ3) is 4.20. The number of aryl methyl sites for hydroxylation is 1. The maximum Gasteiger partial charge on any atom is 0.248 e. The highest BCUT2D eigenvalue weighted by Crippen LogP contribution is 2.42. The van der Waals surface area contributed by atoms with Crippen molar-refractivity contribution in [3.05, 3.63) is 96.3 Å². The van der Waals surface area contributed by atoms with Crippen molar-refractivity contribution in [2.24, 2.45) is 0 Å². The highest BCUT2D eigenvalue weighted by molar-refractivity contribution is 6.08. The molecule has 1 heterocycles. The molecule has 5 nitrogen and oxygen atoms in total. The molecule has 4 aromatic carbocycles. The van der Waals surface area contributed by atoms with Crippen molar-refractivity contribution in [1.82, 2.24) is 0 Å². The predicted octanol–water partition coefficient (Wildman–Crippen LogP) is 7.62. The number of hydrogen-bond acceptors (Lipinski definition) is 4. The van der Waals surface area contributed by atoms with Gasteiger partial charge < -0.3 is 19.2 Å². The zero-order valence-electron chi connectivity index (χ0n) is 20.7. The topological polar surface area (TPSA) is 60.7 Å². The minimum atomic E-state index is -0.223. The van der Waals surface area contributed by atoms with E-state index in [2.05, 4.69) is 35.6 Å². The lowest BCUT2D eigenvalue weighted by molar-refractivity contribution is -0.111. The molecule has 5 heteroatoms. The van der Waals surface area contributed by atoms with Gasteiger partial charge in [-0.05, 0) is 66.1 Å². The second-order valence-corrected chi connectivity index (χ2v) is 8.68. The summed E-state index contributed by atoms with van der Waals surface area (Å²) in [5, 5.41) is 6.20. The molecule has 1 amide bonds. The Labute approximate surface area is 210 Å². The molecule has 0 bridgehead atoms. The van der Waals surface area contributed by atoms with Gasteiger partial charge in [-0.2, -0.15) is 0 Å². The van der Waals surface area contributed by atoms with E-state index in [4.69, 9.17) is 13.9 Å². The molecule has 5 rings (SSSR count). The summed E-state index contributed by atoms with van der Waals surface area (Å²) >= 11 is 0. The van der Waals surface area contributed by atoms with Gasteiger partial charge in [0.15, 0.2) is 0 Å². The lowest BCUT2D eigenvalue weighted by Gasteiger charge is -2.14. The molecule has 0 aliphatic carbocycles. The molecule has 1 N–H and O–H groups in total. The summed E-state index contributed by atoms with van der Waals surface area (Å²) < 4.78 is 17.0. The van der Waals surface area contributed by atoms with E-state index in [-0.39, 0.29) is 5.91 Å². The Balaban J connectivity index is 1.57. The molecule has 1 aromatic heterocycles. The van der Waals surface area contributed by atoms with Crippen LogP contribution in [0.4, 0.5) is 5.69 Å². The summed E-state index contributed by atoms with van der Waals surface area (Å²) in [7, 11) is 3.24. The number of allylic oxidation sites excluding steroid dienone is 1. The highest BCUT2D eigenvalue weighted by atomic mass is 16.5. The maximum absolute atomic E-state index is 12.8. The van der Waals surface area contributed by atoms with Gasteiger partial charge in [-0.15, -0.1) is 0 Å². The van der Waals surface area contributed by atoms with Crippen LogP contribution in [0.25, 0.3) is 38.4 Å². The maximum atomic E-state index is 12.8. The molecule has 5 aromatic rings. The molecule has 180 valence electrons. The number of anilines is 1. The van der Waals surface area contributed by atoms with Crippen molar-refractivity contribution in [2.45, 2.75) is 13.8 Å². The number of amides is 1. The molecule has 0 fully saturated rings. The first-order valence-electron chi connectivity index (χ1n) is 11.7. The largest absolute Gasteiger partial charge is 0.497 e. The van der Waals surface area contributed by atoms with E-state index >= 15 is 0 Å². The summed E-state index contributed by atoms with van der Waals surface area (Å²) in [5.74, 6) is 1.20. The van der Waals surface area contributed by atoms with E-state index in [1.807, 2.05) is 32.0 Å². The Bertz CT molecular complexity index is 1600. The molecular weight excluding hydrogens is 450 g/mol. The number of methoxy groups -OCH3 is 2. The fourth-order valence-corrected chi connectivity index (χ4v) is 4.67. The van der Waals surface area contributed by atoms with Crippen molar-refractivity contribution in [3.8, 4) is 22.6 Å². The molecule has 0 aliphatic rings. The zero-order valence-corrected chi connectivity index (χ0v) is 20.7. The Hall–Kier alpha value is -4.51. The number of nitrogens with one attached hydrogen (secondary N) is 1. The molecule has 0 radical (unpaired) electrons. The molecule has 0 unspecified atom stereocenters. The lowest BCUT2D eigenvalue weighted by atomic mass is 9.94. The number of ether oxygens (including phenoxy) is 2. The van der Waals surface area contributed by atoms with Crippen LogP contribution in [0, 0.1) is 6.92 Å². The quantitative estimate of drug-likeness (QED) is 0.256. The van der Waals surface area contributed by atoms with Crippen LogP contribution in [-0.4, -0.2) is 20.1 Å². The van der Waals surface area contributed by atoms with E-state index in [0.717, 1.165) is 49.9 Å². The number of furan rings is 1.